The first-order valence-electron chi connectivity index (χ1n) is 10.8. The minimum absolute atomic E-state index is 0.140. The molecule has 1 aromatic heterocycles. The molecule has 1 amide bonds. The molecule has 0 saturated carbocycles. The zero-order valence-electron chi connectivity index (χ0n) is 18.5. The van der Waals surface area contributed by atoms with E-state index >= 15 is 0 Å². The fraction of sp³-hybridized carbons (Fsp3) is 0.292. The van der Waals surface area contributed by atoms with E-state index in [9.17, 15) is 13.2 Å². The first-order valence-corrected chi connectivity index (χ1v) is 13.2. The minimum atomic E-state index is -3.62. The van der Waals surface area contributed by atoms with Crippen molar-refractivity contribution in [2.24, 2.45) is 0 Å². The van der Waals surface area contributed by atoms with Crippen molar-refractivity contribution >= 4 is 33.0 Å². The van der Waals surface area contributed by atoms with Crippen LogP contribution in [-0.4, -0.2) is 63.9 Å². The molecule has 4 rings (SSSR count). The van der Waals surface area contributed by atoms with Gasteiger partial charge in [-0.2, -0.15) is 0 Å². The predicted octanol–water partition coefficient (Wildman–Crippen LogP) is 3.27. The van der Waals surface area contributed by atoms with Crippen molar-refractivity contribution in [3.63, 3.8) is 0 Å². The van der Waals surface area contributed by atoms with Gasteiger partial charge in [0.15, 0.2) is 0 Å². The number of anilines is 1. The van der Waals surface area contributed by atoms with Crippen molar-refractivity contribution in [1.82, 2.24) is 15.1 Å². The fourth-order valence-corrected chi connectivity index (χ4v) is 5.81. The molecule has 2 N–H and O–H groups in total. The van der Waals surface area contributed by atoms with Gasteiger partial charge in [-0.1, -0.05) is 36.4 Å². The Balaban J connectivity index is 1.44. The zero-order valence-corrected chi connectivity index (χ0v) is 20.1. The number of carbonyl (C=O) groups excluding carboxylic acids is 1. The second-order valence-corrected chi connectivity index (χ2v) is 11.0. The fourth-order valence-electron chi connectivity index (χ4n) is 3.76. The highest BCUT2D eigenvalue weighted by molar-refractivity contribution is 7.94. The third kappa shape index (κ3) is 6.20. The van der Waals surface area contributed by atoms with Crippen LogP contribution in [0.5, 0.6) is 0 Å². The van der Waals surface area contributed by atoms with Crippen molar-refractivity contribution in [2.75, 3.05) is 44.5 Å². The molecule has 1 fully saturated rings. The van der Waals surface area contributed by atoms with E-state index < -0.39 is 10.0 Å². The Morgan fingerprint density at radius 2 is 1.67 bits per heavy atom. The number of benzene rings is 2. The lowest BCUT2D eigenvalue weighted by Gasteiger charge is -2.35. The Labute approximate surface area is 199 Å². The van der Waals surface area contributed by atoms with Gasteiger partial charge in [-0.05, 0) is 48.3 Å². The quantitative estimate of drug-likeness (QED) is 0.513. The summed E-state index contributed by atoms with van der Waals surface area (Å²) in [5.74, 6) is -0.189. The van der Waals surface area contributed by atoms with Crippen molar-refractivity contribution in [3.8, 4) is 0 Å². The average Bonchev–Trinajstić information content (AvgIpc) is 3.37. The standard InChI is InChI=1S/C24H28N4O3S2/c1-27-13-15-28(16-14-27)18-22(19-6-3-2-4-7-19)25-24(29)20-9-11-21(12-10-20)26-33(30,31)23-8-5-17-32-23/h2-12,17,22,26H,13-16,18H2,1H3,(H,25,29). The van der Waals surface area contributed by atoms with Gasteiger partial charge in [0.2, 0.25) is 0 Å². The molecule has 33 heavy (non-hydrogen) atoms. The lowest BCUT2D eigenvalue weighted by atomic mass is 10.0. The molecule has 1 atom stereocenters. The molecule has 0 bridgehead atoms. The molecular formula is C24H28N4O3S2. The lowest BCUT2D eigenvalue weighted by Crippen LogP contribution is -2.47. The Hall–Kier alpha value is -2.72. The smallest absolute Gasteiger partial charge is 0.271 e. The molecule has 1 aliphatic heterocycles. The molecule has 0 aliphatic carbocycles. The van der Waals surface area contributed by atoms with Gasteiger partial charge < -0.3 is 10.2 Å². The molecule has 1 saturated heterocycles. The molecule has 9 heteroatoms. The van der Waals surface area contributed by atoms with Crippen LogP contribution in [0.4, 0.5) is 5.69 Å². The number of piperazine rings is 1. The highest BCUT2D eigenvalue weighted by Crippen LogP contribution is 2.21. The molecule has 3 aromatic rings. The van der Waals surface area contributed by atoms with Gasteiger partial charge in [-0.25, -0.2) is 8.42 Å². The Morgan fingerprint density at radius 3 is 2.30 bits per heavy atom. The molecular weight excluding hydrogens is 456 g/mol. The van der Waals surface area contributed by atoms with E-state index in [2.05, 4.69) is 26.9 Å². The Morgan fingerprint density at radius 1 is 0.970 bits per heavy atom. The second-order valence-electron chi connectivity index (χ2n) is 8.16. The van der Waals surface area contributed by atoms with Gasteiger partial charge in [-0.15, -0.1) is 11.3 Å². The van der Waals surface area contributed by atoms with E-state index in [1.807, 2.05) is 30.3 Å². The summed E-state index contributed by atoms with van der Waals surface area (Å²) in [6.07, 6.45) is 0. The topological polar surface area (TPSA) is 81.8 Å². The van der Waals surface area contributed by atoms with Crippen molar-refractivity contribution in [1.29, 1.82) is 0 Å². The van der Waals surface area contributed by atoms with Crippen molar-refractivity contribution in [3.05, 3.63) is 83.2 Å². The average molecular weight is 485 g/mol. The van der Waals surface area contributed by atoms with E-state index in [0.717, 1.165) is 49.6 Å². The van der Waals surface area contributed by atoms with Crippen LogP contribution >= 0.6 is 11.3 Å². The molecule has 0 radical (unpaired) electrons. The summed E-state index contributed by atoms with van der Waals surface area (Å²) in [5.41, 5.74) is 1.95. The molecule has 0 spiro atoms. The maximum Gasteiger partial charge on any atom is 0.271 e. The number of likely N-dealkylation sites (N-methyl/N-ethyl adjacent to an activating group) is 1. The zero-order chi connectivity index (χ0) is 23.3. The number of hydrogen-bond donors (Lipinski definition) is 2. The molecule has 2 heterocycles. The van der Waals surface area contributed by atoms with Gasteiger partial charge >= 0.3 is 0 Å². The third-order valence-corrected chi connectivity index (χ3v) is 8.48. The summed E-state index contributed by atoms with van der Waals surface area (Å²) in [6, 6.07) is 19.6. The van der Waals surface area contributed by atoms with Crippen LogP contribution in [0.25, 0.3) is 0 Å². The number of nitrogens with zero attached hydrogens (tertiary/aromatic N) is 2. The van der Waals surface area contributed by atoms with Crippen LogP contribution in [0, 0.1) is 0 Å². The largest absolute Gasteiger partial charge is 0.344 e. The van der Waals surface area contributed by atoms with Crippen LogP contribution in [0.2, 0.25) is 0 Å². The molecule has 1 unspecified atom stereocenters. The summed E-state index contributed by atoms with van der Waals surface area (Å²) in [6.45, 7) is 4.70. The van der Waals surface area contributed by atoms with Crippen LogP contribution in [0.15, 0.2) is 76.3 Å². The van der Waals surface area contributed by atoms with E-state index in [1.54, 1.807) is 41.8 Å². The lowest BCUT2D eigenvalue weighted by molar-refractivity contribution is 0.0907. The maximum atomic E-state index is 13.0. The van der Waals surface area contributed by atoms with Crippen LogP contribution in [-0.2, 0) is 10.0 Å². The molecule has 174 valence electrons. The van der Waals surface area contributed by atoms with Crippen molar-refractivity contribution in [2.45, 2.75) is 10.3 Å². The summed E-state index contributed by atoms with van der Waals surface area (Å²) in [4.78, 5) is 17.7. The highest BCUT2D eigenvalue weighted by atomic mass is 32.2. The Kier molecular flexibility index (Phi) is 7.44. The van der Waals surface area contributed by atoms with Gasteiger partial charge in [0.1, 0.15) is 4.21 Å². The summed E-state index contributed by atoms with van der Waals surface area (Å²) in [5, 5.41) is 4.88. The van der Waals surface area contributed by atoms with Crippen LogP contribution in [0.1, 0.15) is 22.0 Å². The normalized spacial score (nSPS) is 16.3. The number of carbonyl (C=O) groups is 1. The minimum Gasteiger partial charge on any atom is -0.344 e. The SMILES string of the molecule is CN1CCN(CC(NC(=O)c2ccc(NS(=O)(=O)c3cccs3)cc2)c2ccccc2)CC1. The van der Waals surface area contributed by atoms with E-state index in [0.29, 0.717) is 11.3 Å². The summed E-state index contributed by atoms with van der Waals surface area (Å²) < 4.78 is 27.6. The first-order chi connectivity index (χ1) is 15.9. The van der Waals surface area contributed by atoms with Gasteiger partial charge in [-0.3, -0.25) is 14.4 Å². The molecule has 7 nitrogen and oxygen atoms in total. The van der Waals surface area contributed by atoms with Crippen molar-refractivity contribution < 1.29 is 13.2 Å². The second kappa shape index (κ2) is 10.5. The first kappa shape index (κ1) is 23.4. The monoisotopic (exact) mass is 484 g/mol. The van der Waals surface area contributed by atoms with E-state index in [4.69, 9.17) is 0 Å². The molecule has 1 aliphatic rings. The predicted molar refractivity (Wildman–Crippen MR) is 132 cm³/mol. The van der Waals surface area contributed by atoms with E-state index in [-0.39, 0.29) is 16.2 Å². The molecule has 2 aromatic carbocycles. The summed E-state index contributed by atoms with van der Waals surface area (Å²) >= 11 is 1.15. The van der Waals surface area contributed by atoms with Crippen LogP contribution < -0.4 is 10.0 Å². The number of hydrogen-bond acceptors (Lipinski definition) is 6. The Bertz CT molecular complexity index is 1140. The maximum absolute atomic E-state index is 13.0. The summed E-state index contributed by atoms with van der Waals surface area (Å²) in [7, 11) is -1.50. The number of amides is 1. The van der Waals surface area contributed by atoms with Gasteiger partial charge in [0.25, 0.3) is 15.9 Å². The number of nitrogens with one attached hydrogen (secondary N) is 2. The highest BCUT2D eigenvalue weighted by Gasteiger charge is 2.22. The van der Waals surface area contributed by atoms with Crippen LogP contribution in [0.3, 0.4) is 0 Å². The van der Waals surface area contributed by atoms with Gasteiger partial charge in [0, 0.05) is 44.0 Å². The number of sulfonamides is 1. The number of rotatable bonds is 8. The van der Waals surface area contributed by atoms with Gasteiger partial charge in [0.05, 0.1) is 6.04 Å². The third-order valence-electron chi connectivity index (χ3n) is 5.70. The van der Waals surface area contributed by atoms with E-state index in [1.165, 1.54) is 0 Å². The number of thiophene rings is 1.